The molecule has 1 heterocycles. The lowest BCUT2D eigenvalue weighted by Crippen LogP contribution is -2.49. The van der Waals surface area contributed by atoms with Crippen LogP contribution in [0.15, 0.2) is 60.9 Å². The van der Waals surface area contributed by atoms with Gasteiger partial charge in [-0.25, -0.2) is 0 Å². The van der Waals surface area contributed by atoms with Crippen LogP contribution in [-0.4, -0.2) is 5.06 Å². The highest BCUT2D eigenvalue weighted by Crippen LogP contribution is 2.56. The fourth-order valence-electron chi connectivity index (χ4n) is 4.70. The maximum absolute atomic E-state index is 6.44. The zero-order valence-corrected chi connectivity index (χ0v) is 16.5. The molecule has 1 aliphatic heterocycles. The van der Waals surface area contributed by atoms with Crippen molar-refractivity contribution in [1.29, 1.82) is 0 Å². The Balaban J connectivity index is 2.03. The van der Waals surface area contributed by atoms with Gasteiger partial charge in [0, 0.05) is 0 Å². The summed E-state index contributed by atoms with van der Waals surface area (Å²) >= 11 is 0. The van der Waals surface area contributed by atoms with Crippen molar-refractivity contribution in [3.63, 3.8) is 0 Å². The Bertz CT molecular complexity index is 703. The van der Waals surface area contributed by atoms with E-state index in [2.05, 4.69) is 87.4 Å². The molecule has 2 aromatic rings. The maximum atomic E-state index is 6.44. The molecular weight excluding hydrogens is 318 g/mol. The average Bonchev–Trinajstić information content (AvgIpc) is 2.95. The van der Waals surface area contributed by atoms with Gasteiger partial charge >= 0.3 is 0 Å². The zero-order valence-electron chi connectivity index (χ0n) is 16.5. The topological polar surface area (TPSA) is 12.5 Å². The molecule has 0 aromatic heterocycles. The first-order valence-corrected chi connectivity index (χ1v) is 9.97. The van der Waals surface area contributed by atoms with Crippen molar-refractivity contribution in [2.75, 3.05) is 0 Å². The zero-order chi connectivity index (χ0) is 18.6. The van der Waals surface area contributed by atoms with Crippen LogP contribution >= 0.6 is 0 Å². The molecule has 0 spiro atoms. The molecule has 0 bridgehead atoms. The van der Waals surface area contributed by atoms with Crippen molar-refractivity contribution in [2.45, 2.75) is 64.5 Å². The Kier molecular flexibility index (Phi) is 5.52. The smallest absolute Gasteiger partial charge is 0.112 e. The van der Waals surface area contributed by atoms with E-state index in [9.17, 15) is 0 Å². The number of fused-ring (bicyclic) bond motifs is 1. The van der Waals surface area contributed by atoms with E-state index in [0.717, 1.165) is 31.2 Å². The highest BCUT2D eigenvalue weighted by Gasteiger charge is 2.56. The third-order valence-electron chi connectivity index (χ3n) is 6.27. The summed E-state index contributed by atoms with van der Waals surface area (Å²) in [6.07, 6.45) is 8.03. The predicted molar refractivity (Wildman–Crippen MR) is 109 cm³/mol. The van der Waals surface area contributed by atoms with Crippen LogP contribution in [-0.2, 0) is 15.9 Å². The van der Waals surface area contributed by atoms with Gasteiger partial charge in [0.15, 0.2) is 0 Å². The third-order valence-corrected chi connectivity index (χ3v) is 6.27. The van der Waals surface area contributed by atoms with Crippen LogP contribution in [0.4, 0.5) is 0 Å². The molecule has 0 amide bonds. The van der Waals surface area contributed by atoms with Gasteiger partial charge in [0.1, 0.15) is 6.26 Å². The highest BCUT2D eigenvalue weighted by atomic mass is 16.7. The molecule has 0 aliphatic carbocycles. The minimum absolute atomic E-state index is 0.0797. The van der Waals surface area contributed by atoms with Gasteiger partial charge in [0.25, 0.3) is 0 Å². The first-order valence-electron chi connectivity index (χ1n) is 9.97. The molecule has 1 aliphatic rings. The lowest BCUT2D eigenvalue weighted by molar-refractivity contribution is -0.245. The number of hydrogen-bond donors (Lipinski definition) is 0. The predicted octanol–water partition coefficient (Wildman–Crippen LogP) is 6.64. The molecule has 26 heavy (non-hydrogen) atoms. The number of benzene rings is 2. The van der Waals surface area contributed by atoms with Crippen LogP contribution in [0.25, 0.3) is 6.08 Å². The quantitative estimate of drug-likeness (QED) is 0.520. The van der Waals surface area contributed by atoms with Gasteiger partial charge in [-0.15, -0.1) is 5.06 Å². The van der Waals surface area contributed by atoms with E-state index in [0.29, 0.717) is 0 Å². The lowest BCUT2D eigenvalue weighted by Gasteiger charge is -2.44. The van der Waals surface area contributed by atoms with Crippen LogP contribution < -0.4 is 0 Å². The maximum Gasteiger partial charge on any atom is 0.112 e. The van der Waals surface area contributed by atoms with Crippen LogP contribution in [0.2, 0.25) is 0 Å². The number of hydrogen-bond acceptors (Lipinski definition) is 2. The summed E-state index contributed by atoms with van der Waals surface area (Å²) in [5.41, 5.74) is 3.86. The SMILES string of the molecule is CCC1(CC)c2ccccc2C(CC)(CC)N1O/C=C/c1ccccc1. The Morgan fingerprint density at radius 3 is 1.65 bits per heavy atom. The van der Waals surface area contributed by atoms with Crippen molar-refractivity contribution in [1.82, 2.24) is 5.06 Å². The summed E-state index contributed by atoms with van der Waals surface area (Å²) in [4.78, 5) is 6.44. The van der Waals surface area contributed by atoms with Crippen molar-refractivity contribution in [3.05, 3.63) is 77.5 Å². The molecule has 0 saturated heterocycles. The molecular formula is C24H31NO. The Labute approximate surface area is 158 Å². The second-order valence-electron chi connectivity index (χ2n) is 7.14. The molecule has 0 radical (unpaired) electrons. The highest BCUT2D eigenvalue weighted by molar-refractivity contribution is 5.48. The summed E-state index contributed by atoms with van der Waals surface area (Å²) in [6.45, 7) is 9.11. The molecule has 0 saturated carbocycles. The number of nitrogens with zero attached hydrogens (tertiary/aromatic N) is 1. The van der Waals surface area contributed by atoms with Crippen LogP contribution in [0.1, 0.15) is 70.1 Å². The second-order valence-corrected chi connectivity index (χ2v) is 7.14. The van der Waals surface area contributed by atoms with Gasteiger partial charge in [-0.1, -0.05) is 82.3 Å². The van der Waals surface area contributed by atoms with E-state index in [1.54, 1.807) is 0 Å². The fourth-order valence-corrected chi connectivity index (χ4v) is 4.70. The van der Waals surface area contributed by atoms with E-state index >= 15 is 0 Å². The summed E-state index contributed by atoms with van der Waals surface area (Å²) in [5, 5.41) is 2.31. The van der Waals surface area contributed by atoms with Crippen molar-refractivity contribution in [3.8, 4) is 0 Å². The number of rotatable bonds is 7. The van der Waals surface area contributed by atoms with Gasteiger partial charge in [0.2, 0.25) is 0 Å². The van der Waals surface area contributed by atoms with Crippen molar-refractivity contribution >= 4 is 6.08 Å². The summed E-state index contributed by atoms with van der Waals surface area (Å²) in [7, 11) is 0. The van der Waals surface area contributed by atoms with Gasteiger partial charge in [0.05, 0.1) is 11.1 Å². The first kappa shape index (κ1) is 18.7. The van der Waals surface area contributed by atoms with Crippen molar-refractivity contribution < 1.29 is 4.84 Å². The van der Waals surface area contributed by atoms with Crippen LogP contribution in [0, 0.1) is 0 Å². The van der Waals surface area contributed by atoms with E-state index in [1.807, 2.05) is 12.3 Å². The third kappa shape index (κ3) is 2.77. The van der Waals surface area contributed by atoms with Gasteiger partial charge < -0.3 is 4.84 Å². The summed E-state index contributed by atoms with van der Waals surface area (Å²) in [5.74, 6) is 0. The Morgan fingerprint density at radius 1 is 0.731 bits per heavy atom. The summed E-state index contributed by atoms with van der Waals surface area (Å²) < 4.78 is 0. The Hall–Kier alpha value is -2.06. The van der Waals surface area contributed by atoms with E-state index < -0.39 is 0 Å². The average molecular weight is 350 g/mol. The van der Waals surface area contributed by atoms with E-state index in [1.165, 1.54) is 11.1 Å². The largest absolute Gasteiger partial charge is 0.412 e. The van der Waals surface area contributed by atoms with Crippen LogP contribution in [0.3, 0.4) is 0 Å². The second kappa shape index (κ2) is 7.67. The minimum Gasteiger partial charge on any atom is -0.412 e. The standard InChI is InChI=1S/C24H31NO/c1-5-23(6-2)21-16-12-13-17-22(21)24(7-3,8-4)25(23)26-19-18-20-14-10-9-11-15-20/h9-19H,5-8H2,1-4H3/b19-18+. The number of hydroxylamine groups is 2. The molecule has 3 rings (SSSR count). The monoisotopic (exact) mass is 349 g/mol. The molecule has 138 valence electrons. The fraction of sp³-hybridized carbons (Fsp3) is 0.417. The van der Waals surface area contributed by atoms with Gasteiger partial charge in [-0.2, -0.15) is 0 Å². The first-order chi connectivity index (χ1) is 12.7. The minimum atomic E-state index is -0.0797. The van der Waals surface area contributed by atoms with Crippen LogP contribution in [0.5, 0.6) is 0 Å². The molecule has 2 aromatic carbocycles. The molecule has 0 N–H and O–H groups in total. The molecule has 2 nitrogen and oxygen atoms in total. The molecule has 0 fully saturated rings. The summed E-state index contributed by atoms with van der Waals surface area (Å²) in [6, 6.07) is 19.3. The molecule has 0 atom stereocenters. The Morgan fingerprint density at radius 2 is 1.19 bits per heavy atom. The van der Waals surface area contributed by atoms with Gasteiger partial charge in [-0.3, -0.25) is 0 Å². The molecule has 0 unspecified atom stereocenters. The van der Waals surface area contributed by atoms with Crippen molar-refractivity contribution in [2.24, 2.45) is 0 Å². The molecule has 2 heteroatoms. The lowest BCUT2D eigenvalue weighted by atomic mass is 9.83. The van der Waals surface area contributed by atoms with E-state index in [-0.39, 0.29) is 11.1 Å². The normalized spacial score (nSPS) is 18.2. The van der Waals surface area contributed by atoms with E-state index in [4.69, 9.17) is 4.84 Å². The van der Waals surface area contributed by atoms with Gasteiger partial charge in [-0.05, 0) is 48.4 Å².